The first-order valence-corrected chi connectivity index (χ1v) is 8.22. The van der Waals surface area contributed by atoms with Gasteiger partial charge in [-0.15, -0.1) is 0 Å². The molecule has 1 fully saturated rings. The van der Waals surface area contributed by atoms with E-state index in [0.29, 0.717) is 17.9 Å². The third-order valence-electron chi connectivity index (χ3n) is 4.18. The van der Waals surface area contributed by atoms with E-state index in [-0.39, 0.29) is 11.7 Å². The van der Waals surface area contributed by atoms with Gasteiger partial charge < -0.3 is 5.11 Å². The summed E-state index contributed by atoms with van der Waals surface area (Å²) in [7, 11) is 0. The highest BCUT2D eigenvalue weighted by atomic mass is 35.5. The molecule has 2 aromatic rings. The smallest absolute Gasteiger partial charge is 0.329 e. The minimum atomic E-state index is -0.968. The number of hydrogen-bond donors (Lipinski definition) is 1. The van der Waals surface area contributed by atoms with Gasteiger partial charge in [0.1, 0.15) is 6.04 Å². The number of carboxylic acid groups (broad SMARTS) is 1. The average Bonchev–Trinajstić information content (AvgIpc) is 3.29. The zero-order chi connectivity index (χ0) is 16.6. The van der Waals surface area contributed by atoms with Crippen LogP contribution in [-0.4, -0.2) is 20.2 Å². The molecule has 1 aromatic heterocycles. The van der Waals surface area contributed by atoms with E-state index in [0.717, 1.165) is 24.1 Å². The van der Waals surface area contributed by atoms with Gasteiger partial charge in [0.05, 0.1) is 5.69 Å². The van der Waals surface area contributed by atoms with E-state index in [2.05, 4.69) is 0 Å². The van der Waals surface area contributed by atoms with Crippen molar-refractivity contribution >= 4 is 17.6 Å². The van der Waals surface area contributed by atoms with Crippen molar-refractivity contribution in [2.24, 2.45) is 0 Å². The summed E-state index contributed by atoms with van der Waals surface area (Å²) in [6.07, 6.45) is 4.72. The average molecular weight is 335 g/mol. The number of halogens is 1. The minimum Gasteiger partial charge on any atom is -0.480 e. The second-order valence-corrected chi connectivity index (χ2v) is 6.39. The van der Waals surface area contributed by atoms with Crippen molar-refractivity contribution in [3.8, 4) is 11.3 Å². The Balaban J connectivity index is 2.13. The van der Waals surface area contributed by atoms with Crippen LogP contribution in [0.4, 0.5) is 0 Å². The van der Waals surface area contributed by atoms with Gasteiger partial charge in [0.2, 0.25) is 0 Å². The summed E-state index contributed by atoms with van der Waals surface area (Å²) in [4.78, 5) is 24.3. The van der Waals surface area contributed by atoms with Crippen LogP contribution in [0.5, 0.6) is 0 Å². The molecule has 122 valence electrons. The first kappa shape index (κ1) is 15.9. The molecule has 3 rings (SSSR count). The molecule has 0 aliphatic heterocycles. The zero-order valence-electron chi connectivity index (χ0n) is 12.9. The summed E-state index contributed by atoms with van der Waals surface area (Å²) in [6, 6.07) is 6.61. The lowest BCUT2D eigenvalue weighted by Crippen LogP contribution is -2.31. The molecule has 0 amide bonds. The molecular formula is C17H19ClN2O3. The van der Waals surface area contributed by atoms with Gasteiger partial charge in [0, 0.05) is 17.3 Å². The molecule has 1 heterocycles. The molecule has 1 aromatic carbocycles. The number of carbonyl (C=O) groups is 1. The largest absolute Gasteiger partial charge is 0.480 e. The molecule has 1 unspecified atom stereocenters. The Bertz CT molecular complexity index is 772. The Morgan fingerprint density at radius 2 is 2.00 bits per heavy atom. The van der Waals surface area contributed by atoms with Gasteiger partial charge >= 0.3 is 11.7 Å². The van der Waals surface area contributed by atoms with Crippen LogP contribution in [0, 0.1) is 0 Å². The van der Waals surface area contributed by atoms with E-state index in [9.17, 15) is 14.7 Å². The van der Waals surface area contributed by atoms with Gasteiger partial charge in [-0.1, -0.05) is 37.1 Å². The van der Waals surface area contributed by atoms with Crippen molar-refractivity contribution < 1.29 is 9.90 Å². The van der Waals surface area contributed by atoms with E-state index >= 15 is 0 Å². The molecule has 0 bridgehead atoms. The molecular weight excluding hydrogens is 316 g/mol. The standard InChI is InChI=1S/C17H19ClN2O3/c1-2-3-14(16(21)22)19-10-15(11-4-6-12(18)7-5-11)20(17(19)23)13-8-9-13/h4-7,10,13-14H,2-3,8-9H2,1H3,(H,21,22). The van der Waals surface area contributed by atoms with Gasteiger partial charge in [0.25, 0.3) is 0 Å². The summed E-state index contributed by atoms with van der Waals surface area (Å²) in [5, 5.41) is 10.1. The van der Waals surface area contributed by atoms with E-state index in [1.165, 1.54) is 4.57 Å². The van der Waals surface area contributed by atoms with Crippen molar-refractivity contribution in [2.75, 3.05) is 0 Å². The maximum atomic E-state index is 12.8. The van der Waals surface area contributed by atoms with Gasteiger partial charge in [0.15, 0.2) is 0 Å². The number of benzene rings is 1. The third-order valence-corrected chi connectivity index (χ3v) is 4.43. The van der Waals surface area contributed by atoms with Crippen LogP contribution in [0.1, 0.15) is 44.7 Å². The molecule has 1 N–H and O–H groups in total. The monoisotopic (exact) mass is 334 g/mol. The van der Waals surface area contributed by atoms with E-state index in [1.54, 1.807) is 22.9 Å². The highest BCUT2D eigenvalue weighted by molar-refractivity contribution is 6.30. The number of nitrogens with zero attached hydrogens (tertiary/aromatic N) is 2. The zero-order valence-corrected chi connectivity index (χ0v) is 13.7. The first-order chi connectivity index (χ1) is 11.0. The van der Waals surface area contributed by atoms with Gasteiger partial charge in [-0.2, -0.15) is 0 Å². The summed E-state index contributed by atoms with van der Waals surface area (Å²) >= 11 is 5.93. The van der Waals surface area contributed by atoms with Crippen LogP contribution in [0.3, 0.4) is 0 Å². The number of carboxylic acids is 1. The predicted octanol–water partition coefficient (Wildman–Crippen LogP) is 3.73. The number of rotatable bonds is 6. The van der Waals surface area contributed by atoms with E-state index < -0.39 is 12.0 Å². The summed E-state index contributed by atoms with van der Waals surface area (Å²) in [6.45, 7) is 1.92. The fourth-order valence-electron chi connectivity index (χ4n) is 2.87. The van der Waals surface area contributed by atoms with Gasteiger partial charge in [-0.05, 0) is 37.0 Å². The number of aliphatic carboxylic acids is 1. The predicted molar refractivity (Wildman–Crippen MR) is 89.0 cm³/mol. The number of hydrogen-bond acceptors (Lipinski definition) is 2. The van der Waals surface area contributed by atoms with Crippen LogP contribution in [0.2, 0.25) is 5.02 Å². The summed E-state index contributed by atoms with van der Waals surface area (Å²) in [5.41, 5.74) is 1.40. The first-order valence-electron chi connectivity index (χ1n) is 7.85. The van der Waals surface area contributed by atoms with Crippen LogP contribution in [0.25, 0.3) is 11.3 Å². The Morgan fingerprint density at radius 3 is 2.52 bits per heavy atom. The summed E-state index contributed by atoms with van der Waals surface area (Å²) < 4.78 is 3.10. The Kier molecular flexibility index (Phi) is 4.31. The molecule has 23 heavy (non-hydrogen) atoms. The van der Waals surface area contributed by atoms with E-state index in [4.69, 9.17) is 11.6 Å². The third kappa shape index (κ3) is 3.06. The van der Waals surface area contributed by atoms with Crippen LogP contribution in [-0.2, 0) is 4.79 Å². The fraction of sp³-hybridized carbons (Fsp3) is 0.412. The maximum Gasteiger partial charge on any atom is 0.329 e. The summed E-state index contributed by atoms with van der Waals surface area (Å²) in [5.74, 6) is -0.968. The highest BCUT2D eigenvalue weighted by Gasteiger charge is 2.32. The van der Waals surface area contributed by atoms with E-state index in [1.807, 2.05) is 19.1 Å². The molecule has 0 spiro atoms. The minimum absolute atomic E-state index is 0.172. The SMILES string of the molecule is CCCC(C(=O)O)n1cc(-c2ccc(Cl)cc2)n(C2CC2)c1=O. The molecule has 0 saturated heterocycles. The van der Waals surface area contributed by atoms with Crippen molar-refractivity contribution in [1.29, 1.82) is 0 Å². The van der Waals surface area contributed by atoms with Crippen LogP contribution < -0.4 is 5.69 Å². The second-order valence-electron chi connectivity index (χ2n) is 5.95. The molecule has 1 atom stereocenters. The normalized spacial score (nSPS) is 15.6. The lowest BCUT2D eigenvalue weighted by molar-refractivity contribution is -0.141. The van der Waals surface area contributed by atoms with Crippen LogP contribution >= 0.6 is 11.6 Å². The lowest BCUT2D eigenvalue weighted by Gasteiger charge is -2.11. The van der Waals surface area contributed by atoms with Crippen molar-refractivity contribution in [1.82, 2.24) is 9.13 Å². The maximum absolute atomic E-state index is 12.8. The van der Waals surface area contributed by atoms with Gasteiger partial charge in [-0.25, -0.2) is 9.59 Å². The molecule has 1 aliphatic rings. The Morgan fingerprint density at radius 1 is 1.35 bits per heavy atom. The highest BCUT2D eigenvalue weighted by Crippen LogP contribution is 2.37. The molecule has 6 heteroatoms. The Labute approximate surface area is 139 Å². The number of aromatic nitrogens is 2. The number of imidazole rings is 1. The lowest BCUT2D eigenvalue weighted by atomic mass is 10.1. The second kappa shape index (κ2) is 6.24. The van der Waals surface area contributed by atoms with Crippen molar-refractivity contribution in [2.45, 2.75) is 44.7 Å². The van der Waals surface area contributed by atoms with Gasteiger partial charge in [-0.3, -0.25) is 9.13 Å². The molecule has 0 radical (unpaired) electrons. The molecule has 5 nitrogen and oxygen atoms in total. The van der Waals surface area contributed by atoms with Crippen molar-refractivity contribution in [3.05, 3.63) is 46.0 Å². The van der Waals surface area contributed by atoms with Crippen molar-refractivity contribution in [3.63, 3.8) is 0 Å². The van der Waals surface area contributed by atoms with Crippen LogP contribution in [0.15, 0.2) is 35.3 Å². The quantitative estimate of drug-likeness (QED) is 0.875. The topological polar surface area (TPSA) is 64.2 Å². The Hall–Kier alpha value is -2.01. The fourth-order valence-corrected chi connectivity index (χ4v) is 3.00. The molecule has 1 aliphatic carbocycles. The molecule has 1 saturated carbocycles.